The first kappa shape index (κ1) is 14.4. The Morgan fingerprint density at radius 1 is 1.44 bits per heavy atom. The molecule has 2 aliphatic rings. The topological polar surface area (TPSA) is 41.6 Å². The van der Waals surface area contributed by atoms with Crippen molar-refractivity contribution in [2.24, 2.45) is 5.92 Å². The van der Waals surface area contributed by atoms with Crippen molar-refractivity contribution in [3.05, 3.63) is 0 Å². The zero-order valence-electron chi connectivity index (χ0n) is 10.8. The average molecular weight is 295 g/mol. The lowest BCUT2D eigenvalue weighted by Crippen LogP contribution is -2.55. The minimum absolute atomic E-state index is 0.0404. The van der Waals surface area contributed by atoms with Gasteiger partial charge in [-0.1, -0.05) is 0 Å². The Morgan fingerprint density at radius 2 is 2.00 bits per heavy atom. The van der Waals surface area contributed by atoms with Crippen molar-refractivity contribution in [2.75, 3.05) is 32.8 Å². The summed E-state index contributed by atoms with van der Waals surface area (Å²) in [5.41, 5.74) is -0.0738. The van der Waals surface area contributed by atoms with Crippen LogP contribution in [0.25, 0.3) is 0 Å². The van der Waals surface area contributed by atoms with Gasteiger partial charge in [0.15, 0.2) is 0 Å². The molecular formula is C12H20Cl2N2O2. The van der Waals surface area contributed by atoms with Gasteiger partial charge >= 0.3 is 0 Å². The number of amides is 1. The summed E-state index contributed by atoms with van der Waals surface area (Å²) in [7, 11) is 0. The first-order chi connectivity index (χ1) is 8.33. The molecule has 2 fully saturated rings. The molecule has 0 radical (unpaired) electrons. The van der Waals surface area contributed by atoms with E-state index in [2.05, 4.69) is 24.1 Å². The molecule has 0 bridgehead atoms. The largest absolute Gasteiger partial charge is 0.379 e. The minimum Gasteiger partial charge on any atom is -0.379 e. The van der Waals surface area contributed by atoms with Crippen molar-refractivity contribution in [2.45, 2.75) is 30.1 Å². The first-order valence-corrected chi connectivity index (χ1v) is 7.07. The molecule has 0 aromatic heterocycles. The second-order valence-electron chi connectivity index (χ2n) is 5.65. The molecule has 0 aromatic rings. The molecule has 1 amide bonds. The summed E-state index contributed by atoms with van der Waals surface area (Å²) in [4.78, 5) is 14.2. The van der Waals surface area contributed by atoms with E-state index in [9.17, 15) is 4.79 Å². The van der Waals surface area contributed by atoms with E-state index in [1.54, 1.807) is 0 Å². The number of morpholine rings is 1. The monoisotopic (exact) mass is 294 g/mol. The molecule has 1 saturated heterocycles. The van der Waals surface area contributed by atoms with Crippen LogP contribution in [0.5, 0.6) is 0 Å². The van der Waals surface area contributed by atoms with Crippen LogP contribution in [0.15, 0.2) is 0 Å². The van der Waals surface area contributed by atoms with E-state index < -0.39 is 4.33 Å². The van der Waals surface area contributed by atoms with Gasteiger partial charge in [0.25, 0.3) is 0 Å². The van der Waals surface area contributed by atoms with Gasteiger partial charge in [0, 0.05) is 25.2 Å². The maximum atomic E-state index is 11.8. The van der Waals surface area contributed by atoms with Gasteiger partial charge in [-0.2, -0.15) is 0 Å². The van der Waals surface area contributed by atoms with Crippen molar-refractivity contribution in [3.63, 3.8) is 0 Å². The number of nitrogens with one attached hydrogen (secondary N) is 1. The highest BCUT2D eigenvalue weighted by molar-refractivity contribution is 6.52. The van der Waals surface area contributed by atoms with Crippen LogP contribution in [-0.2, 0) is 9.53 Å². The number of halogens is 2. The first-order valence-electron chi connectivity index (χ1n) is 6.31. The molecule has 0 spiro atoms. The summed E-state index contributed by atoms with van der Waals surface area (Å²) in [6.45, 7) is 8.17. The molecule has 1 atom stereocenters. The van der Waals surface area contributed by atoms with Crippen molar-refractivity contribution in [1.82, 2.24) is 10.2 Å². The minimum atomic E-state index is -0.840. The molecule has 1 N–H and O–H groups in total. The summed E-state index contributed by atoms with van der Waals surface area (Å²) in [5, 5.41) is 2.95. The third-order valence-electron chi connectivity index (χ3n) is 3.70. The Hall–Kier alpha value is -0.0300. The maximum Gasteiger partial charge on any atom is 0.226 e. The molecule has 4 nitrogen and oxygen atoms in total. The summed E-state index contributed by atoms with van der Waals surface area (Å²) in [5.74, 6) is -0.289. The van der Waals surface area contributed by atoms with E-state index in [1.807, 2.05) is 0 Å². The number of nitrogens with zero attached hydrogens (tertiary/aromatic N) is 1. The molecule has 6 heteroatoms. The standard InChI is InChI=1S/C12H20Cl2N2O2/c1-11(2,16-3-5-18-6-4-16)8-15-10(17)9-7-12(9,13)14/h9H,3-8H2,1-2H3,(H,15,17)/t9-/m0/s1. The van der Waals surface area contributed by atoms with Gasteiger partial charge in [0.05, 0.1) is 19.1 Å². The average Bonchev–Trinajstić information content (AvgIpc) is 2.97. The number of ether oxygens (including phenoxy) is 1. The van der Waals surface area contributed by atoms with Crippen molar-refractivity contribution in [3.8, 4) is 0 Å². The number of rotatable bonds is 4. The highest BCUT2D eigenvalue weighted by Gasteiger charge is 2.56. The molecule has 0 aromatic carbocycles. The summed E-state index contributed by atoms with van der Waals surface area (Å²) in [6.07, 6.45) is 0.555. The Morgan fingerprint density at radius 3 is 2.50 bits per heavy atom. The van der Waals surface area contributed by atoms with Gasteiger partial charge < -0.3 is 10.1 Å². The van der Waals surface area contributed by atoms with E-state index in [-0.39, 0.29) is 17.4 Å². The van der Waals surface area contributed by atoms with Crippen molar-refractivity contribution < 1.29 is 9.53 Å². The number of carbonyl (C=O) groups is 1. The molecule has 1 heterocycles. The molecule has 18 heavy (non-hydrogen) atoms. The van der Waals surface area contributed by atoms with Crippen molar-refractivity contribution in [1.29, 1.82) is 0 Å². The number of hydrogen-bond acceptors (Lipinski definition) is 3. The quantitative estimate of drug-likeness (QED) is 0.797. The fourth-order valence-electron chi connectivity index (χ4n) is 2.20. The van der Waals surface area contributed by atoms with Crippen LogP contribution in [0.4, 0.5) is 0 Å². The second kappa shape index (κ2) is 5.16. The SMILES string of the molecule is CC(C)(CNC(=O)[C@@H]1CC1(Cl)Cl)N1CCOCC1. The maximum absolute atomic E-state index is 11.8. The Labute approximate surface area is 118 Å². The zero-order valence-corrected chi connectivity index (χ0v) is 12.4. The summed E-state index contributed by atoms with van der Waals surface area (Å²) >= 11 is 11.8. The number of alkyl halides is 2. The third-order valence-corrected chi connectivity index (χ3v) is 4.54. The fourth-order valence-corrected chi connectivity index (χ4v) is 2.71. The van der Waals surface area contributed by atoms with Crippen LogP contribution in [0.1, 0.15) is 20.3 Å². The van der Waals surface area contributed by atoms with E-state index in [0.717, 1.165) is 26.3 Å². The smallest absolute Gasteiger partial charge is 0.226 e. The van der Waals surface area contributed by atoms with Gasteiger partial charge in [-0.15, -0.1) is 23.2 Å². The highest BCUT2D eigenvalue weighted by Crippen LogP contribution is 2.53. The van der Waals surface area contributed by atoms with Gasteiger partial charge in [-0.05, 0) is 20.3 Å². The fraction of sp³-hybridized carbons (Fsp3) is 0.917. The predicted octanol–water partition coefficient (Wildman–Crippen LogP) is 1.41. The molecule has 2 rings (SSSR count). The molecule has 1 aliphatic heterocycles. The lowest BCUT2D eigenvalue weighted by atomic mass is 10.0. The van der Waals surface area contributed by atoms with Crippen LogP contribution in [0.3, 0.4) is 0 Å². The Bertz CT molecular complexity index is 328. The summed E-state index contributed by atoms with van der Waals surface area (Å²) in [6, 6.07) is 0. The van der Waals surface area contributed by atoms with Crippen LogP contribution in [-0.4, -0.2) is 53.5 Å². The zero-order chi connectivity index (χ0) is 13.4. The summed E-state index contributed by atoms with van der Waals surface area (Å²) < 4.78 is 4.49. The van der Waals surface area contributed by atoms with E-state index in [1.165, 1.54) is 0 Å². The molecular weight excluding hydrogens is 275 g/mol. The van der Waals surface area contributed by atoms with Crippen LogP contribution >= 0.6 is 23.2 Å². The van der Waals surface area contributed by atoms with Crippen LogP contribution in [0.2, 0.25) is 0 Å². The van der Waals surface area contributed by atoms with E-state index >= 15 is 0 Å². The predicted molar refractivity (Wildman–Crippen MR) is 72.0 cm³/mol. The normalized spacial score (nSPS) is 27.9. The molecule has 104 valence electrons. The van der Waals surface area contributed by atoms with Crippen LogP contribution < -0.4 is 5.32 Å². The van der Waals surface area contributed by atoms with Crippen molar-refractivity contribution >= 4 is 29.1 Å². The van der Waals surface area contributed by atoms with Gasteiger partial charge in [0.1, 0.15) is 4.33 Å². The number of carbonyl (C=O) groups excluding carboxylic acids is 1. The Balaban J connectivity index is 1.79. The van der Waals surface area contributed by atoms with Gasteiger partial charge in [0.2, 0.25) is 5.91 Å². The molecule has 1 saturated carbocycles. The van der Waals surface area contributed by atoms with E-state index in [4.69, 9.17) is 27.9 Å². The lowest BCUT2D eigenvalue weighted by molar-refractivity contribution is -0.123. The van der Waals surface area contributed by atoms with Crippen LogP contribution in [0, 0.1) is 5.92 Å². The Kier molecular flexibility index (Phi) is 4.12. The lowest BCUT2D eigenvalue weighted by Gasteiger charge is -2.40. The third kappa shape index (κ3) is 3.29. The van der Waals surface area contributed by atoms with E-state index in [0.29, 0.717) is 13.0 Å². The second-order valence-corrected chi connectivity index (χ2v) is 7.19. The molecule has 1 aliphatic carbocycles. The number of hydrogen-bond donors (Lipinski definition) is 1. The highest BCUT2D eigenvalue weighted by atomic mass is 35.5. The molecule has 0 unspecified atom stereocenters. The van der Waals surface area contributed by atoms with Gasteiger partial charge in [-0.3, -0.25) is 9.69 Å². The van der Waals surface area contributed by atoms with Gasteiger partial charge in [-0.25, -0.2) is 0 Å².